The van der Waals surface area contributed by atoms with E-state index in [2.05, 4.69) is 5.32 Å². The first kappa shape index (κ1) is 19.6. The van der Waals surface area contributed by atoms with Crippen LogP contribution in [0, 0.1) is 13.8 Å². The molecule has 0 aromatic heterocycles. The van der Waals surface area contributed by atoms with Crippen molar-refractivity contribution >= 4 is 5.91 Å². The number of ether oxygens (including phenoxy) is 3. The molecule has 0 aliphatic heterocycles. The zero-order valence-electron chi connectivity index (χ0n) is 16.3. The molecule has 1 amide bonds. The Bertz CT molecular complexity index is 773. The first-order valence-electron chi connectivity index (χ1n) is 8.62. The SMILES string of the molecule is COc1ccc([C@H](C)NC(=O)[C@H](C)Oc2cccc(C)c2C)cc1OC. The Morgan fingerprint density at radius 2 is 1.65 bits per heavy atom. The van der Waals surface area contributed by atoms with Crippen LogP contribution in [0.3, 0.4) is 0 Å². The summed E-state index contributed by atoms with van der Waals surface area (Å²) in [6, 6.07) is 11.2. The Hall–Kier alpha value is -2.69. The van der Waals surface area contributed by atoms with Gasteiger partial charge in [-0.1, -0.05) is 18.2 Å². The molecule has 2 aromatic rings. The normalized spacial score (nSPS) is 12.8. The van der Waals surface area contributed by atoms with Gasteiger partial charge in [0.25, 0.3) is 5.91 Å². The molecule has 0 aliphatic rings. The van der Waals surface area contributed by atoms with E-state index in [1.54, 1.807) is 21.1 Å². The molecule has 140 valence electrons. The first-order chi connectivity index (χ1) is 12.4. The van der Waals surface area contributed by atoms with Gasteiger partial charge in [-0.25, -0.2) is 0 Å². The van der Waals surface area contributed by atoms with Gasteiger partial charge in [-0.3, -0.25) is 4.79 Å². The summed E-state index contributed by atoms with van der Waals surface area (Å²) >= 11 is 0. The lowest BCUT2D eigenvalue weighted by Gasteiger charge is -2.21. The molecule has 5 nitrogen and oxygen atoms in total. The third-order valence-electron chi connectivity index (χ3n) is 4.49. The number of nitrogens with one attached hydrogen (secondary N) is 1. The van der Waals surface area contributed by atoms with Gasteiger partial charge in [0.15, 0.2) is 17.6 Å². The van der Waals surface area contributed by atoms with Crippen LogP contribution >= 0.6 is 0 Å². The maximum Gasteiger partial charge on any atom is 0.261 e. The number of carbonyl (C=O) groups is 1. The van der Waals surface area contributed by atoms with Gasteiger partial charge in [-0.2, -0.15) is 0 Å². The van der Waals surface area contributed by atoms with Gasteiger partial charge in [0, 0.05) is 0 Å². The van der Waals surface area contributed by atoms with E-state index in [1.807, 2.05) is 57.2 Å². The van der Waals surface area contributed by atoms with E-state index >= 15 is 0 Å². The zero-order valence-corrected chi connectivity index (χ0v) is 16.3. The van der Waals surface area contributed by atoms with Crippen LogP contribution < -0.4 is 19.5 Å². The van der Waals surface area contributed by atoms with Crippen LogP contribution in [-0.4, -0.2) is 26.2 Å². The second kappa shape index (κ2) is 8.61. The molecular weight excluding hydrogens is 330 g/mol. The summed E-state index contributed by atoms with van der Waals surface area (Å²) in [4.78, 5) is 12.5. The fraction of sp³-hybridized carbons (Fsp3) is 0.381. The molecular formula is C21H27NO4. The van der Waals surface area contributed by atoms with E-state index in [1.165, 1.54) is 0 Å². The lowest BCUT2D eigenvalue weighted by Crippen LogP contribution is -2.37. The summed E-state index contributed by atoms with van der Waals surface area (Å²) in [5.74, 6) is 1.84. The molecule has 26 heavy (non-hydrogen) atoms. The Balaban J connectivity index is 2.05. The van der Waals surface area contributed by atoms with E-state index in [0.29, 0.717) is 11.5 Å². The molecule has 2 atom stereocenters. The minimum Gasteiger partial charge on any atom is -0.493 e. The third-order valence-corrected chi connectivity index (χ3v) is 4.49. The van der Waals surface area contributed by atoms with Crippen molar-refractivity contribution in [3.8, 4) is 17.2 Å². The van der Waals surface area contributed by atoms with Gasteiger partial charge >= 0.3 is 0 Å². The smallest absolute Gasteiger partial charge is 0.261 e. The van der Waals surface area contributed by atoms with E-state index in [-0.39, 0.29) is 11.9 Å². The fourth-order valence-electron chi connectivity index (χ4n) is 2.63. The molecule has 0 saturated carbocycles. The van der Waals surface area contributed by atoms with Crippen LogP contribution in [0.2, 0.25) is 0 Å². The lowest BCUT2D eigenvalue weighted by atomic mass is 10.1. The number of aryl methyl sites for hydroxylation is 1. The first-order valence-corrected chi connectivity index (χ1v) is 8.62. The second-order valence-corrected chi connectivity index (χ2v) is 6.30. The van der Waals surface area contributed by atoms with Gasteiger partial charge in [-0.05, 0) is 62.6 Å². The number of hydrogen-bond acceptors (Lipinski definition) is 4. The van der Waals surface area contributed by atoms with Crippen LogP contribution in [0.15, 0.2) is 36.4 Å². The Kier molecular flexibility index (Phi) is 6.50. The van der Waals surface area contributed by atoms with Crippen molar-refractivity contribution in [2.24, 2.45) is 0 Å². The van der Waals surface area contributed by atoms with Crippen LogP contribution in [0.25, 0.3) is 0 Å². The standard InChI is InChI=1S/C21H27NO4/c1-13-8-7-9-18(14(13)2)26-16(4)21(23)22-15(3)17-10-11-19(24-5)20(12-17)25-6/h7-12,15-16H,1-6H3,(H,22,23)/t15-,16-/m0/s1. The zero-order chi connectivity index (χ0) is 19.3. The van der Waals surface area contributed by atoms with Crippen molar-refractivity contribution in [2.45, 2.75) is 39.8 Å². The largest absolute Gasteiger partial charge is 0.493 e. The van der Waals surface area contributed by atoms with Crippen LogP contribution in [-0.2, 0) is 4.79 Å². The minimum absolute atomic E-state index is 0.173. The molecule has 0 bridgehead atoms. The summed E-state index contributed by atoms with van der Waals surface area (Å²) in [6.07, 6.45) is -0.599. The van der Waals surface area contributed by atoms with E-state index in [9.17, 15) is 4.79 Å². The molecule has 0 unspecified atom stereocenters. The van der Waals surface area contributed by atoms with Crippen molar-refractivity contribution in [3.63, 3.8) is 0 Å². The summed E-state index contributed by atoms with van der Waals surface area (Å²) < 4.78 is 16.4. The monoisotopic (exact) mass is 357 g/mol. The molecule has 0 heterocycles. The third kappa shape index (κ3) is 4.48. The van der Waals surface area contributed by atoms with Gasteiger partial charge in [0.1, 0.15) is 5.75 Å². The van der Waals surface area contributed by atoms with Gasteiger partial charge in [0.2, 0.25) is 0 Å². The van der Waals surface area contributed by atoms with Crippen molar-refractivity contribution in [1.29, 1.82) is 0 Å². The van der Waals surface area contributed by atoms with E-state index in [4.69, 9.17) is 14.2 Å². The molecule has 0 fully saturated rings. The molecule has 1 N–H and O–H groups in total. The Morgan fingerprint density at radius 3 is 2.31 bits per heavy atom. The highest BCUT2D eigenvalue weighted by atomic mass is 16.5. The molecule has 0 saturated heterocycles. The summed E-state index contributed by atoms with van der Waals surface area (Å²) in [5, 5.41) is 2.98. The number of methoxy groups -OCH3 is 2. The fourth-order valence-corrected chi connectivity index (χ4v) is 2.63. The average Bonchev–Trinajstić information content (AvgIpc) is 2.64. The highest BCUT2D eigenvalue weighted by Gasteiger charge is 2.19. The predicted octanol–water partition coefficient (Wildman–Crippen LogP) is 3.97. The van der Waals surface area contributed by atoms with Crippen molar-refractivity contribution < 1.29 is 19.0 Å². The Labute approximate surface area is 155 Å². The average molecular weight is 357 g/mol. The molecule has 2 rings (SSSR count). The quantitative estimate of drug-likeness (QED) is 0.815. The highest BCUT2D eigenvalue weighted by Crippen LogP contribution is 2.30. The number of hydrogen-bond donors (Lipinski definition) is 1. The molecule has 0 aliphatic carbocycles. The maximum absolute atomic E-state index is 12.5. The van der Waals surface area contributed by atoms with Crippen LogP contribution in [0.5, 0.6) is 17.2 Å². The van der Waals surface area contributed by atoms with Crippen molar-refractivity contribution in [3.05, 3.63) is 53.1 Å². The molecule has 5 heteroatoms. The number of rotatable bonds is 7. The van der Waals surface area contributed by atoms with E-state index in [0.717, 1.165) is 22.4 Å². The van der Waals surface area contributed by atoms with Crippen molar-refractivity contribution in [2.75, 3.05) is 14.2 Å². The Morgan fingerprint density at radius 1 is 0.962 bits per heavy atom. The van der Waals surface area contributed by atoms with Gasteiger partial charge < -0.3 is 19.5 Å². The summed E-state index contributed by atoms with van der Waals surface area (Å²) in [6.45, 7) is 7.68. The second-order valence-electron chi connectivity index (χ2n) is 6.30. The van der Waals surface area contributed by atoms with Crippen LogP contribution in [0.1, 0.15) is 36.6 Å². The summed E-state index contributed by atoms with van der Waals surface area (Å²) in [5.41, 5.74) is 3.10. The summed E-state index contributed by atoms with van der Waals surface area (Å²) in [7, 11) is 3.18. The van der Waals surface area contributed by atoms with Crippen molar-refractivity contribution in [1.82, 2.24) is 5.32 Å². The molecule has 2 aromatic carbocycles. The van der Waals surface area contributed by atoms with Gasteiger partial charge in [0.05, 0.1) is 20.3 Å². The molecule has 0 radical (unpaired) electrons. The van der Waals surface area contributed by atoms with E-state index < -0.39 is 6.10 Å². The van der Waals surface area contributed by atoms with Gasteiger partial charge in [-0.15, -0.1) is 0 Å². The maximum atomic E-state index is 12.5. The highest BCUT2D eigenvalue weighted by molar-refractivity contribution is 5.81. The minimum atomic E-state index is -0.599. The predicted molar refractivity (Wildman–Crippen MR) is 102 cm³/mol. The number of benzene rings is 2. The molecule has 0 spiro atoms. The number of amides is 1. The number of carbonyl (C=O) groups excluding carboxylic acids is 1. The van der Waals surface area contributed by atoms with Crippen LogP contribution in [0.4, 0.5) is 0 Å². The topological polar surface area (TPSA) is 56.8 Å². The lowest BCUT2D eigenvalue weighted by molar-refractivity contribution is -0.127.